The van der Waals surface area contributed by atoms with E-state index < -0.39 is 6.10 Å². The van der Waals surface area contributed by atoms with E-state index in [0.717, 1.165) is 27.6 Å². The number of aliphatic hydroxyl groups excluding tert-OH is 1. The third-order valence-corrected chi connectivity index (χ3v) is 4.38. The number of thiazole rings is 1. The molecule has 0 spiro atoms. The molecule has 2 heterocycles. The van der Waals surface area contributed by atoms with Crippen LogP contribution < -0.4 is 5.32 Å². The fraction of sp³-hybridized carbons (Fsp3) is 0.235. The molecule has 0 aliphatic carbocycles. The van der Waals surface area contributed by atoms with E-state index in [1.807, 2.05) is 48.7 Å². The van der Waals surface area contributed by atoms with Gasteiger partial charge in [-0.05, 0) is 30.2 Å². The van der Waals surface area contributed by atoms with Gasteiger partial charge in [-0.2, -0.15) is 0 Å². The maximum absolute atomic E-state index is 10.2. The van der Waals surface area contributed by atoms with Crippen molar-refractivity contribution in [3.63, 3.8) is 0 Å². The van der Waals surface area contributed by atoms with Crippen LogP contribution in [0, 0.1) is 6.92 Å². The summed E-state index contributed by atoms with van der Waals surface area (Å²) in [6, 6.07) is 11.6. The number of rotatable bonds is 6. The Morgan fingerprint density at radius 1 is 1.27 bits per heavy atom. The normalized spacial score (nSPS) is 12.5. The lowest BCUT2D eigenvalue weighted by Crippen LogP contribution is -2.21. The summed E-state index contributed by atoms with van der Waals surface area (Å²) in [6.45, 7) is 3.13. The van der Waals surface area contributed by atoms with Gasteiger partial charge in [-0.15, -0.1) is 11.3 Å². The van der Waals surface area contributed by atoms with Gasteiger partial charge in [0.05, 0.1) is 18.1 Å². The number of hydrogen-bond acceptors (Lipinski definition) is 5. The molecular formula is C17H18N2O2S. The van der Waals surface area contributed by atoms with E-state index in [1.165, 1.54) is 0 Å². The fourth-order valence-electron chi connectivity index (χ4n) is 2.31. The van der Waals surface area contributed by atoms with Crippen LogP contribution in [-0.4, -0.2) is 16.6 Å². The summed E-state index contributed by atoms with van der Waals surface area (Å²) in [4.78, 5) is 4.52. The molecule has 2 aromatic heterocycles. The smallest absolute Gasteiger partial charge is 0.162 e. The van der Waals surface area contributed by atoms with Crippen molar-refractivity contribution in [2.75, 3.05) is 6.54 Å². The molecule has 0 saturated heterocycles. The van der Waals surface area contributed by atoms with Crippen molar-refractivity contribution >= 4 is 11.3 Å². The largest absolute Gasteiger partial charge is 0.462 e. The standard InChI is InChI=1S/C17H18N2O2S/c1-12-5-2-3-6-14(12)15(20)10-18-9-13-11-22-17(19-13)16-7-4-8-21-16/h2-8,11,15,18,20H,9-10H2,1H3. The molecule has 0 saturated carbocycles. The van der Waals surface area contributed by atoms with Crippen molar-refractivity contribution in [3.8, 4) is 10.8 Å². The first-order valence-electron chi connectivity index (χ1n) is 7.16. The molecule has 3 aromatic rings. The number of furan rings is 1. The molecule has 1 unspecified atom stereocenters. The summed E-state index contributed by atoms with van der Waals surface area (Å²) in [6.07, 6.45) is 1.14. The highest BCUT2D eigenvalue weighted by molar-refractivity contribution is 7.13. The Morgan fingerprint density at radius 2 is 2.14 bits per heavy atom. The summed E-state index contributed by atoms with van der Waals surface area (Å²) in [5, 5.41) is 16.4. The maximum Gasteiger partial charge on any atom is 0.162 e. The summed E-state index contributed by atoms with van der Waals surface area (Å²) < 4.78 is 5.33. The van der Waals surface area contributed by atoms with Crippen LogP contribution in [0.1, 0.15) is 22.9 Å². The van der Waals surface area contributed by atoms with Gasteiger partial charge in [0.25, 0.3) is 0 Å². The third-order valence-electron chi connectivity index (χ3n) is 3.47. The van der Waals surface area contributed by atoms with Gasteiger partial charge in [0.1, 0.15) is 0 Å². The minimum atomic E-state index is -0.510. The quantitative estimate of drug-likeness (QED) is 0.731. The van der Waals surface area contributed by atoms with E-state index in [9.17, 15) is 5.11 Å². The van der Waals surface area contributed by atoms with Gasteiger partial charge in [-0.25, -0.2) is 4.98 Å². The maximum atomic E-state index is 10.2. The Kier molecular flexibility index (Phi) is 4.68. The molecule has 3 rings (SSSR count). The molecule has 1 aromatic carbocycles. The highest BCUT2D eigenvalue weighted by Gasteiger charge is 2.10. The van der Waals surface area contributed by atoms with Gasteiger partial charge in [-0.1, -0.05) is 24.3 Å². The molecular weight excluding hydrogens is 296 g/mol. The second-order valence-corrected chi connectivity index (χ2v) is 5.98. The number of nitrogens with one attached hydrogen (secondary N) is 1. The Bertz CT molecular complexity index is 722. The molecule has 4 nitrogen and oxygen atoms in total. The summed E-state index contributed by atoms with van der Waals surface area (Å²) in [5.74, 6) is 0.788. The lowest BCUT2D eigenvalue weighted by atomic mass is 10.0. The zero-order valence-electron chi connectivity index (χ0n) is 12.3. The van der Waals surface area contributed by atoms with E-state index in [4.69, 9.17) is 4.42 Å². The topological polar surface area (TPSA) is 58.3 Å². The molecule has 0 bridgehead atoms. The summed E-state index contributed by atoms with van der Waals surface area (Å²) >= 11 is 1.56. The molecule has 22 heavy (non-hydrogen) atoms. The van der Waals surface area contributed by atoms with Crippen LogP contribution in [0.3, 0.4) is 0 Å². The average Bonchev–Trinajstić information content (AvgIpc) is 3.18. The number of aliphatic hydroxyl groups is 1. The Labute approximate surface area is 133 Å². The van der Waals surface area contributed by atoms with Crippen molar-refractivity contribution < 1.29 is 9.52 Å². The number of nitrogens with zero attached hydrogens (tertiary/aromatic N) is 1. The van der Waals surface area contributed by atoms with Crippen molar-refractivity contribution in [3.05, 3.63) is 64.9 Å². The van der Waals surface area contributed by atoms with Crippen LogP contribution in [-0.2, 0) is 6.54 Å². The molecule has 5 heteroatoms. The van der Waals surface area contributed by atoms with E-state index in [-0.39, 0.29) is 0 Å². The molecule has 0 amide bonds. The van der Waals surface area contributed by atoms with Crippen molar-refractivity contribution in [1.82, 2.24) is 10.3 Å². The molecule has 1 atom stereocenters. The average molecular weight is 314 g/mol. The first-order chi connectivity index (χ1) is 10.7. The van der Waals surface area contributed by atoms with Crippen LogP contribution in [0.4, 0.5) is 0 Å². The third kappa shape index (κ3) is 3.44. The van der Waals surface area contributed by atoms with Gasteiger partial charge in [-0.3, -0.25) is 0 Å². The summed E-state index contributed by atoms with van der Waals surface area (Å²) in [7, 11) is 0. The van der Waals surface area contributed by atoms with Gasteiger partial charge in [0.15, 0.2) is 10.8 Å². The van der Waals surface area contributed by atoms with Crippen molar-refractivity contribution in [1.29, 1.82) is 0 Å². The van der Waals surface area contributed by atoms with Crippen LogP contribution in [0.15, 0.2) is 52.5 Å². The zero-order valence-corrected chi connectivity index (χ0v) is 13.1. The van der Waals surface area contributed by atoms with E-state index in [2.05, 4.69) is 10.3 Å². The molecule has 0 aliphatic heterocycles. The molecule has 0 aliphatic rings. The molecule has 0 radical (unpaired) electrons. The lowest BCUT2D eigenvalue weighted by molar-refractivity contribution is 0.173. The van der Waals surface area contributed by atoms with Gasteiger partial charge >= 0.3 is 0 Å². The minimum absolute atomic E-state index is 0.498. The molecule has 2 N–H and O–H groups in total. The van der Waals surface area contributed by atoms with Crippen molar-refractivity contribution in [2.45, 2.75) is 19.6 Å². The van der Waals surface area contributed by atoms with Crippen LogP contribution >= 0.6 is 11.3 Å². The highest BCUT2D eigenvalue weighted by atomic mass is 32.1. The van der Waals surface area contributed by atoms with Crippen LogP contribution in [0.25, 0.3) is 10.8 Å². The van der Waals surface area contributed by atoms with E-state index in [0.29, 0.717) is 13.1 Å². The molecule has 114 valence electrons. The Balaban J connectivity index is 1.54. The van der Waals surface area contributed by atoms with E-state index in [1.54, 1.807) is 17.6 Å². The van der Waals surface area contributed by atoms with E-state index >= 15 is 0 Å². The second-order valence-electron chi connectivity index (χ2n) is 5.12. The molecule has 0 fully saturated rings. The first kappa shape index (κ1) is 15.0. The SMILES string of the molecule is Cc1ccccc1C(O)CNCc1csc(-c2ccco2)n1. The number of benzene rings is 1. The monoisotopic (exact) mass is 314 g/mol. The second kappa shape index (κ2) is 6.87. The van der Waals surface area contributed by atoms with Crippen molar-refractivity contribution in [2.24, 2.45) is 0 Å². The summed E-state index contributed by atoms with van der Waals surface area (Å²) in [5.41, 5.74) is 3.02. The van der Waals surface area contributed by atoms with Gasteiger partial charge in [0.2, 0.25) is 0 Å². The lowest BCUT2D eigenvalue weighted by Gasteiger charge is -2.14. The van der Waals surface area contributed by atoms with Gasteiger partial charge in [0, 0.05) is 18.5 Å². The Morgan fingerprint density at radius 3 is 2.91 bits per heavy atom. The van der Waals surface area contributed by atoms with Crippen LogP contribution in [0.2, 0.25) is 0 Å². The highest BCUT2D eigenvalue weighted by Crippen LogP contribution is 2.24. The Hall–Kier alpha value is -1.95. The van der Waals surface area contributed by atoms with Gasteiger partial charge < -0.3 is 14.8 Å². The van der Waals surface area contributed by atoms with Crippen LogP contribution in [0.5, 0.6) is 0 Å². The number of hydrogen-bond donors (Lipinski definition) is 2. The number of aryl methyl sites for hydroxylation is 1. The predicted octanol–water partition coefficient (Wildman–Crippen LogP) is 3.53. The predicted molar refractivity (Wildman–Crippen MR) is 87.7 cm³/mol. The minimum Gasteiger partial charge on any atom is -0.462 e. The fourth-order valence-corrected chi connectivity index (χ4v) is 3.10. The first-order valence-corrected chi connectivity index (χ1v) is 8.04. The zero-order chi connectivity index (χ0) is 15.4. The number of aromatic nitrogens is 1.